The highest BCUT2D eigenvalue weighted by Gasteiger charge is 2.11. The number of nitrogens with zero attached hydrogens (tertiary/aromatic N) is 3. The van der Waals surface area contributed by atoms with E-state index >= 15 is 0 Å². The van der Waals surface area contributed by atoms with E-state index in [0.29, 0.717) is 6.54 Å². The van der Waals surface area contributed by atoms with Gasteiger partial charge in [-0.25, -0.2) is 4.98 Å². The quantitative estimate of drug-likeness (QED) is 0.544. The van der Waals surface area contributed by atoms with Crippen LogP contribution in [0.4, 0.5) is 0 Å². The van der Waals surface area contributed by atoms with Crippen LogP contribution in [0.15, 0.2) is 41.0 Å². The van der Waals surface area contributed by atoms with Gasteiger partial charge in [-0.05, 0) is 23.6 Å². The summed E-state index contributed by atoms with van der Waals surface area (Å²) in [4.78, 5) is 9.85. The lowest BCUT2D eigenvalue weighted by Crippen LogP contribution is -2.37. The molecule has 2 N–H and O–H groups in total. The van der Waals surface area contributed by atoms with Gasteiger partial charge < -0.3 is 15.4 Å². The van der Waals surface area contributed by atoms with Gasteiger partial charge in [0.1, 0.15) is 5.75 Å². The Morgan fingerprint density at radius 1 is 1.40 bits per heavy atom. The summed E-state index contributed by atoms with van der Waals surface area (Å²) in [6.45, 7) is 2.29. The van der Waals surface area contributed by atoms with Gasteiger partial charge in [0.05, 0.1) is 18.8 Å². The molecule has 0 amide bonds. The number of imidazole rings is 1. The van der Waals surface area contributed by atoms with Crippen molar-refractivity contribution in [2.24, 2.45) is 4.99 Å². The summed E-state index contributed by atoms with van der Waals surface area (Å²) in [6, 6.07) is 6.47. The predicted molar refractivity (Wildman–Crippen MR) is 101 cm³/mol. The highest BCUT2D eigenvalue weighted by Crippen LogP contribution is 2.25. The first-order valence-corrected chi connectivity index (χ1v) is 9.30. The fraction of sp³-hybridized carbons (Fsp3) is 0.333. The number of nitrogens with one attached hydrogen (secondary N) is 2. The molecule has 0 saturated carbocycles. The largest absolute Gasteiger partial charge is 0.493 e. The summed E-state index contributed by atoms with van der Waals surface area (Å²) in [5.41, 5.74) is 3.65. The van der Waals surface area contributed by atoms with Crippen molar-refractivity contribution in [3.63, 3.8) is 0 Å². The average molecular weight is 355 g/mol. The third-order valence-electron chi connectivity index (χ3n) is 4.26. The summed E-state index contributed by atoms with van der Waals surface area (Å²) < 4.78 is 7.59. The van der Waals surface area contributed by atoms with E-state index in [0.717, 1.165) is 48.4 Å². The van der Waals surface area contributed by atoms with Crippen LogP contribution in [0.1, 0.15) is 16.8 Å². The SMILES string of the molecule is CN=C(NCCc1ccc2c(c1)CCO2)NCc1cn2ccsc2n1. The summed E-state index contributed by atoms with van der Waals surface area (Å²) in [5.74, 6) is 1.83. The average Bonchev–Trinajstić information content (AvgIpc) is 3.32. The van der Waals surface area contributed by atoms with Gasteiger partial charge in [-0.15, -0.1) is 11.3 Å². The summed E-state index contributed by atoms with van der Waals surface area (Å²) in [5, 5.41) is 8.70. The first-order chi connectivity index (χ1) is 12.3. The Morgan fingerprint density at radius 3 is 3.24 bits per heavy atom. The molecule has 3 heterocycles. The maximum absolute atomic E-state index is 5.55. The fourth-order valence-corrected chi connectivity index (χ4v) is 3.70. The van der Waals surface area contributed by atoms with Crippen molar-refractivity contribution >= 4 is 22.3 Å². The molecular weight excluding hydrogens is 334 g/mol. The number of fused-ring (bicyclic) bond motifs is 2. The maximum atomic E-state index is 5.55. The molecule has 0 radical (unpaired) electrons. The van der Waals surface area contributed by atoms with E-state index in [1.54, 1.807) is 18.4 Å². The zero-order valence-corrected chi connectivity index (χ0v) is 15.0. The van der Waals surface area contributed by atoms with E-state index in [2.05, 4.69) is 38.8 Å². The number of thiazole rings is 1. The van der Waals surface area contributed by atoms with Crippen LogP contribution in [0.3, 0.4) is 0 Å². The molecule has 130 valence electrons. The number of aliphatic imine (C=N–C) groups is 1. The smallest absolute Gasteiger partial charge is 0.193 e. The number of guanidine groups is 1. The van der Waals surface area contributed by atoms with Gasteiger partial charge in [0, 0.05) is 37.8 Å². The van der Waals surface area contributed by atoms with Crippen molar-refractivity contribution < 1.29 is 4.74 Å². The topological polar surface area (TPSA) is 63.0 Å². The van der Waals surface area contributed by atoms with Crippen LogP contribution in [0, 0.1) is 0 Å². The Hall–Kier alpha value is -2.54. The number of aromatic nitrogens is 2. The summed E-state index contributed by atoms with van der Waals surface area (Å²) in [6.07, 6.45) is 6.03. The van der Waals surface area contributed by atoms with Gasteiger partial charge >= 0.3 is 0 Å². The standard InChI is InChI=1S/C18H21N5OS/c1-19-17(21-11-15-12-23-7-9-25-18(23)22-15)20-6-4-13-2-3-16-14(10-13)5-8-24-16/h2-3,7,9-10,12H,4-6,8,11H2,1H3,(H2,19,20,21). The van der Waals surface area contributed by atoms with E-state index in [1.807, 2.05) is 22.2 Å². The van der Waals surface area contributed by atoms with Gasteiger partial charge in [-0.1, -0.05) is 12.1 Å². The lowest BCUT2D eigenvalue weighted by atomic mass is 10.1. The van der Waals surface area contributed by atoms with Gasteiger partial charge in [0.15, 0.2) is 10.9 Å². The normalized spacial score (nSPS) is 13.7. The molecule has 4 rings (SSSR count). The van der Waals surface area contributed by atoms with Crippen molar-refractivity contribution in [2.45, 2.75) is 19.4 Å². The predicted octanol–water partition coefficient (Wildman–Crippen LogP) is 2.24. The van der Waals surface area contributed by atoms with Crippen molar-refractivity contribution in [3.05, 3.63) is 52.8 Å². The molecule has 0 spiro atoms. The fourth-order valence-electron chi connectivity index (χ4n) is 2.98. The third-order valence-corrected chi connectivity index (χ3v) is 5.03. The zero-order chi connectivity index (χ0) is 17.1. The monoisotopic (exact) mass is 355 g/mol. The van der Waals surface area contributed by atoms with Crippen LogP contribution in [0.25, 0.3) is 4.96 Å². The van der Waals surface area contributed by atoms with Gasteiger partial charge in [0.25, 0.3) is 0 Å². The van der Waals surface area contributed by atoms with Crippen molar-refractivity contribution in [2.75, 3.05) is 20.2 Å². The molecule has 0 atom stereocenters. The van der Waals surface area contributed by atoms with Gasteiger partial charge in [-0.2, -0.15) is 0 Å². The molecule has 0 bridgehead atoms. The molecule has 6 nitrogen and oxygen atoms in total. The lowest BCUT2D eigenvalue weighted by Gasteiger charge is -2.11. The molecule has 0 fully saturated rings. The highest BCUT2D eigenvalue weighted by molar-refractivity contribution is 7.15. The van der Waals surface area contributed by atoms with Crippen LogP contribution >= 0.6 is 11.3 Å². The molecule has 25 heavy (non-hydrogen) atoms. The van der Waals surface area contributed by atoms with E-state index in [1.165, 1.54) is 11.1 Å². The molecule has 0 aliphatic carbocycles. The zero-order valence-electron chi connectivity index (χ0n) is 14.2. The van der Waals surface area contributed by atoms with Crippen LogP contribution in [0.2, 0.25) is 0 Å². The molecule has 1 aliphatic heterocycles. The minimum atomic E-state index is 0.657. The maximum Gasteiger partial charge on any atom is 0.193 e. The Balaban J connectivity index is 1.26. The highest BCUT2D eigenvalue weighted by atomic mass is 32.1. The number of ether oxygens (including phenoxy) is 1. The Kier molecular flexibility index (Phi) is 4.56. The number of rotatable bonds is 5. The Bertz CT molecular complexity index is 869. The van der Waals surface area contributed by atoms with Crippen LogP contribution in [-0.4, -0.2) is 35.5 Å². The van der Waals surface area contributed by atoms with E-state index in [4.69, 9.17) is 4.74 Å². The molecule has 0 unspecified atom stereocenters. The van der Waals surface area contributed by atoms with Crippen molar-refractivity contribution in [1.82, 2.24) is 20.0 Å². The Labute approximate surface area is 150 Å². The molecule has 7 heteroatoms. The van der Waals surface area contributed by atoms with E-state index in [9.17, 15) is 0 Å². The third kappa shape index (κ3) is 3.61. The van der Waals surface area contributed by atoms with Crippen molar-refractivity contribution in [3.8, 4) is 5.75 Å². The van der Waals surface area contributed by atoms with Crippen molar-refractivity contribution in [1.29, 1.82) is 0 Å². The van der Waals surface area contributed by atoms with Gasteiger partial charge in [0.2, 0.25) is 0 Å². The van der Waals surface area contributed by atoms with Gasteiger partial charge in [-0.3, -0.25) is 9.39 Å². The second-order valence-corrected chi connectivity index (χ2v) is 6.84. The Morgan fingerprint density at radius 2 is 2.36 bits per heavy atom. The molecule has 1 aliphatic rings. The molecule has 1 aromatic carbocycles. The summed E-state index contributed by atoms with van der Waals surface area (Å²) >= 11 is 1.64. The van der Waals surface area contributed by atoms with E-state index < -0.39 is 0 Å². The van der Waals surface area contributed by atoms with Crippen LogP contribution in [-0.2, 0) is 19.4 Å². The van der Waals surface area contributed by atoms with Crippen LogP contribution in [0.5, 0.6) is 5.75 Å². The minimum Gasteiger partial charge on any atom is -0.493 e. The van der Waals surface area contributed by atoms with Crippen LogP contribution < -0.4 is 15.4 Å². The first-order valence-electron chi connectivity index (χ1n) is 8.42. The molecule has 0 saturated heterocycles. The number of hydrogen-bond acceptors (Lipinski definition) is 4. The minimum absolute atomic E-state index is 0.657. The molecule has 3 aromatic rings. The second-order valence-electron chi connectivity index (χ2n) is 5.97. The number of hydrogen-bond donors (Lipinski definition) is 2. The molecular formula is C18H21N5OS. The first kappa shape index (κ1) is 16.0. The van der Waals surface area contributed by atoms with E-state index in [-0.39, 0.29) is 0 Å². The summed E-state index contributed by atoms with van der Waals surface area (Å²) in [7, 11) is 1.79. The molecule has 2 aromatic heterocycles. The second kappa shape index (κ2) is 7.14. The number of benzene rings is 1. The lowest BCUT2D eigenvalue weighted by molar-refractivity contribution is 0.357.